The molecule has 0 fully saturated rings. The minimum absolute atomic E-state index is 0.0523. The maximum Gasteiger partial charge on any atom is 0.265 e. The lowest BCUT2D eigenvalue weighted by atomic mass is 10.1. The van der Waals surface area contributed by atoms with Gasteiger partial charge in [-0.05, 0) is 35.9 Å². The van der Waals surface area contributed by atoms with Gasteiger partial charge in [-0.25, -0.2) is 0 Å². The molecule has 2 aromatic rings. The standard InChI is InChI=1S/C18H19N3O2/c1-21(2)15-10-8-13(9-11-15)12-16(17(19)22)20-18(23)14-6-4-3-5-7-14/h3-12H,1-2H3,(H2,19,22)(H,20,23)/b16-12+. The summed E-state index contributed by atoms with van der Waals surface area (Å²) in [4.78, 5) is 25.7. The molecule has 2 amide bonds. The lowest BCUT2D eigenvalue weighted by Gasteiger charge is -2.12. The Morgan fingerprint density at radius 2 is 1.61 bits per heavy atom. The molecular formula is C18H19N3O2. The van der Waals surface area contributed by atoms with Crippen molar-refractivity contribution < 1.29 is 9.59 Å². The van der Waals surface area contributed by atoms with E-state index in [4.69, 9.17) is 5.73 Å². The first-order chi connectivity index (χ1) is 11.0. The lowest BCUT2D eigenvalue weighted by molar-refractivity contribution is -0.114. The van der Waals surface area contributed by atoms with Crippen LogP contribution >= 0.6 is 0 Å². The molecule has 0 aromatic heterocycles. The fraction of sp³-hybridized carbons (Fsp3) is 0.111. The average molecular weight is 309 g/mol. The van der Waals surface area contributed by atoms with Gasteiger partial charge in [-0.3, -0.25) is 9.59 Å². The summed E-state index contributed by atoms with van der Waals surface area (Å²) in [6, 6.07) is 16.2. The van der Waals surface area contributed by atoms with Crippen molar-refractivity contribution in [1.29, 1.82) is 0 Å². The molecule has 0 heterocycles. The minimum atomic E-state index is -0.689. The Morgan fingerprint density at radius 3 is 2.13 bits per heavy atom. The van der Waals surface area contributed by atoms with Gasteiger partial charge in [0.2, 0.25) is 0 Å². The molecule has 0 saturated carbocycles. The number of benzene rings is 2. The predicted molar refractivity (Wildman–Crippen MR) is 91.8 cm³/mol. The van der Waals surface area contributed by atoms with E-state index in [2.05, 4.69) is 5.32 Å². The number of hydrogen-bond donors (Lipinski definition) is 2. The average Bonchev–Trinajstić information content (AvgIpc) is 2.55. The first-order valence-corrected chi connectivity index (χ1v) is 7.12. The van der Waals surface area contributed by atoms with Crippen LogP contribution in [0.3, 0.4) is 0 Å². The third-order valence-corrected chi connectivity index (χ3v) is 3.27. The number of nitrogens with two attached hydrogens (primary N) is 1. The summed E-state index contributed by atoms with van der Waals surface area (Å²) < 4.78 is 0. The number of carbonyl (C=O) groups is 2. The normalized spacial score (nSPS) is 11.0. The lowest BCUT2D eigenvalue weighted by Crippen LogP contribution is -2.31. The van der Waals surface area contributed by atoms with Crippen molar-refractivity contribution in [3.05, 3.63) is 71.4 Å². The van der Waals surface area contributed by atoms with E-state index in [1.54, 1.807) is 30.3 Å². The molecule has 0 atom stereocenters. The monoisotopic (exact) mass is 309 g/mol. The van der Waals surface area contributed by atoms with Gasteiger partial charge in [0.1, 0.15) is 5.70 Å². The van der Waals surface area contributed by atoms with E-state index in [1.165, 1.54) is 0 Å². The Labute approximate surface area is 135 Å². The third-order valence-electron chi connectivity index (χ3n) is 3.27. The van der Waals surface area contributed by atoms with Crippen LogP contribution in [0.1, 0.15) is 15.9 Å². The fourth-order valence-electron chi connectivity index (χ4n) is 1.99. The molecule has 2 aromatic carbocycles. The molecule has 0 aliphatic heterocycles. The summed E-state index contributed by atoms with van der Waals surface area (Å²) in [5.74, 6) is -1.06. The van der Waals surface area contributed by atoms with Crippen molar-refractivity contribution in [2.75, 3.05) is 19.0 Å². The van der Waals surface area contributed by atoms with Gasteiger partial charge >= 0.3 is 0 Å². The Kier molecular flexibility index (Phi) is 5.15. The highest BCUT2D eigenvalue weighted by atomic mass is 16.2. The van der Waals surface area contributed by atoms with Crippen molar-refractivity contribution in [2.24, 2.45) is 5.73 Å². The second-order valence-corrected chi connectivity index (χ2v) is 5.23. The smallest absolute Gasteiger partial charge is 0.265 e. The molecule has 0 radical (unpaired) electrons. The number of nitrogens with zero attached hydrogens (tertiary/aromatic N) is 1. The van der Waals surface area contributed by atoms with E-state index < -0.39 is 5.91 Å². The Balaban J connectivity index is 2.21. The van der Waals surface area contributed by atoms with Crippen LogP contribution < -0.4 is 16.0 Å². The van der Waals surface area contributed by atoms with Gasteiger partial charge in [-0.15, -0.1) is 0 Å². The highest BCUT2D eigenvalue weighted by molar-refractivity contribution is 6.04. The fourth-order valence-corrected chi connectivity index (χ4v) is 1.99. The third kappa shape index (κ3) is 4.44. The van der Waals surface area contributed by atoms with Crippen LogP contribution in [-0.2, 0) is 4.79 Å². The van der Waals surface area contributed by atoms with Gasteiger partial charge in [0.25, 0.3) is 11.8 Å². The summed E-state index contributed by atoms with van der Waals surface area (Å²) >= 11 is 0. The Bertz CT molecular complexity index is 720. The van der Waals surface area contributed by atoms with Gasteiger partial charge < -0.3 is 16.0 Å². The molecule has 0 spiro atoms. The first-order valence-electron chi connectivity index (χ1n) is 7.12. The van der Waals surface area contributed by atoms with Crippen LogP contribution in [0.25, 0.3) is 6.08 Å². The zero-order chi connectivity index (χ0) is 16.8. The second-order valence-electron chi connectivity index (χ2n) is 5.23. The van der Waals surface area contributed by atoms with E-state index in [1.807, 2.05) is 49.3 Å². The van der Waals surface area contributed by atoms with Gasteiger partial charge in [0, 0.05) is 25.3 Å². The number of amides is 2. The van der Waals surface area contributed by atoms with E-state index >= 15 is 0 Å². The number of hydrogen-bond acceptors (Lipinski definition) is 3. The van der Waals surface area contributed by atoms with Crippen LogP contribution in [0.5, 0.6) is 0 Å². The molecule has 23 heavy (non-hydrogen) atoms. The topological polar surface area (TPSA) is 75.4 Å². The number of nitrogens with one attached hydrogen (secondary N) is 1. The van der Waals surface area contributed by atoms with Gasteiger partial charge in [-0.1, -0.05) is 30.3 Å². The minimum Gasteiger partial charge on any atom is -0.378 e. The number of rotatable bonds is 5. The Morgan fingerprint density at radius 1 is 1.00 bits per heavy atom. The largest absolute Gasteiger partial charge is 0.378 e. The van der Waals surface area contributed by atoms with Gasteiger partial charge in [0.15, 0.2) is 0 Å². The quantitative estimate of drug-likeness (QED) is 0.830. The van der Waals surface area contributed by atoms with Crippen LogP contribution in [0.2, 0.25) is 0 Å². The molecule has 0 unspecified atom stereocenters. The van der Waals surface area contributed by atoms with Crippen LogP contribution in [0.4, 0.5) is 5.69 Å². The van der Waals surface area contributed by atoms with Crippen molar-refractivity contribution >= 4 is 23.6 Å². The molecule has 118 valence electrons. The predicted octanol–water partition coefficient (Wildman–Crippen LogP) is 2.01. The molecule has 5 heteroatoms. The van der Waals surface area contributed by atoms with Crippen LogP contribution in [-0.4, -0.2) is 25.9 Å². The van der Waals surface area contributed by atoms with Crippen molar-refractivity contribution in [2.45, 2.75) is 0 Å². The maximum absolute atomic E-state index is 12.1. The van der Waals surface area contributed by atoms with E-state index in [9.17, 15) is 9.59 Å². The number of primary amides is 1. The molecule has 3 N–H and O–H groups in total. The summed E-state index contributed by atoms with van der Waals surface area (Å²) in [6.45, 7) is 0. The maximum atomic E-state index is 12.1. The molecule has 0 aliphatic carbocycles. The molecule has 5 nitrogen and oxygen atoms in total. The summed E-state index contributed by atoms with van der Waals surface area (Å²) in [5.41, 5.74) is 7.69. The van der Waals surface area contributed by atoms with Crippen molar-refractivity contribution in [3.8, 4) is 0 Å². The van der Waals surface area contributed by atoms with Crippen LogP contribution in [0.15, 0.2) is 60.3 Å². The number of carbonyl (C=O) groups excluding carboxylic acids is 2. The van der Waals surface area contributed by atoms with Gasteiger partial charge in [-0.2, -0.15) is 0 Å². The Hall–Kier alpha value is -3.08. The highest BCUT2D eigenvalue weighted by Crippen LogP contribution is 2.14. The van der Waals surface area contributed by atoms with Crippen LogP contribution in [0, 0.1) is 0 Å². The SMILES string of the molecule is CN(C)c1ccc(/C=C(/NC(=O)c2ccccc2)C(N)=O)cc1. The zero-order valence-electron chi connectivity index (χ0n) is 13.1. The molecule has 0 bridgehead atoms. The molecule has 0 saturated heterocycles. The molecule has 2 rings (SSSR count). The van der Waals surface area contributed by atoms with Gasteiger partial charge in [0.05, 0.1) is 0 Å². The van der Waals surface area contributed by atoms with E-state index in [0.29, 0.717) is 5.56 Å². The highest BCUT2D eigenvalue weighted by Gasteiger charge is 2.11. The second kappa shape index (κ2) is 7.26. The van der Waals surface area contributed by atoms with Crippen molar-refractivity contribution in [3.63, 3.8) is 0 Å². The number of anilines is 1. The zero-order valence-corrected chi connectivity index (χ0v) is 13.1. The van der Waals surface area contributed by atoms with E-state index in [-0.39, 0.29) is 11.6 Å². The molecular weight excluding hydrogens is 290 g/mol. The summed E-state index contributed by atoms with van der Waals surface area (Å²) in [6.07, 6.45) is 1.56. The molecule has 0 aliphatic rings. The summed E-state index contributed by atoms with van der Waals surface area (Å²) in [5, 5.41) is 2.56. The van der Waals surface area contributed by atoms with E-state index in [0.717, 1.165) is 11.3 Å². The summed E-state index contributed by atoms with van der Waals surface area (Å²) in [7, 11) is 3.89. The van der Waals surface area contributed by atoms with Crippen molar-refractivity contribution in [1.82, 2.24) is 5.32 Å². The first kappa shape index (κ1) is 16.3.